The molecule has 0 radical (unpaired) electrons. The van der Waals surface area contributed by atoms with Gasteiger partial charge in [-0.05, 0) is 38.1 Å². The smallest absolute Gasteiger partial charge is 0.0537 e. The summed E-state index contributed by atoms with van der Waals surface area (Å²) in [4.78, 5) is 0. The number of nitrogens with zero attached hydrogens (tertiary/aromatic N) is 2. The van der Waals surface area contributed by atoms with Crippen molar-refractivity contribution >= 4 is 0 Å². The van der Waals surface area contributed by atoms with Crippen LogP contribution in [0.15, 0.2) is 12.4 Å². The molecular weight excluding hydrogens is 222 g/mol. The minimum Gasteiger partial charge on any atom is -0.310 e. The van der Waals surface area contributed by atoms with Crippen molar-refractivity contribution in [1.82, 2.24) is 15.1 Å². The molecule has 3 unspecified atom stereocenters. The van der Waals surface area contributed by atoms with Gasteiger partial charge in [-0.3, -0.25) is 4.68 Å². The van der Waals surface area contributed by atoms with E-state index in [1.807, 2.05) is 4.68 Å². The topological polar surface area (TPSA) is 29.9 Å². The maximum Gasteiger partial charge on any atom is 0.0537 e. The van der Waals surface area contributed by atoms with E-state index in [1.54, 1.807) is 0 Å². The molecule has 2 rings (SSSR count). The van der Waals surface area contributed by atoms with Gasteiger partial charge in [0.15, 0.2) is 0 Å². The summed E-state index contributed by atoms with van der Waals surface area (Å²) >= 11 is 0. The van der Waals surface area contributed by atoms with E-state index in [4.69, 9.17) is 0 Å². The van der Waals surface area contributed by atoms with Gasteiger partial charge in [-0.1, -0.05) is 26.7 Å². The molecule has 3 atom stereocenters. The van der Waals surface area contributed by atoms with E-state index >= 15 is 0 Å². The van der Waals surface area contributed by atoms with Gasteiger partial charge in [0.25, 0.3) is 0 Å². The zero-order valence-corrected chi connectivity index (χ0v) is 12.0. The summed E-state index contributed by atoms with van der Waals surface area (Å²) in [5.41, 5.74) is 1.37. The first-order chi connectivity index (χ1) is 8.74. The van der Waals surface area contributed by atoms with Gasteiger partial charge in [-0.15, -0.1) is 0 Å². The molecule has 1 fully saturated rings. The fraction of sp³-hybridized carbons (Fsp3) is 0.800. The largest absolute Gasteiger partial charge is 0.310 e. The van der Waals surface area contributed by atoms with Gasteiger partial charge < -0.3 is 5.32 Å². The highest BCUT2D eigenvalue weighted by atomic mass is 15.3. The lowest BCUT2D eigenvalue weighted by molar-refractivity contribution is 0.225. The third-order valence-corrected chi connectivity index (χ3v) is 4.21. The van der Waals surface area contributed by atoms with Gasteiger partial charge in [0.1, 0.15) is 0 Å². The molecule has 1 aliphatic rings. The van der Waals surface area contributed by atoms with Crippen LogP contribution >= 0.6 is 0 Å². The number of nitrogens with one attached hydrogen (secondary N) is 1. The normalized spacial score (nSPS) is 26.2. The average Bonchev–Trinajstić information content (AvgIpc) is 2.84. The molecule has 3 nitrogen and oxygen atoms in total. The van der Waals surface area contributed by atoms with Crippen molar-refractivity contribution in [2.75, 3.05) is 6.54 Å². The molecule has 0 aliphatic heterocycles. The number of rotatable bonds is 5. The fourth-order valence-corrected chi connectivity index (χ4v) is 3.27. The van der Waals surface area contributed by atoms with E-state index in [1.165, 1.54) is 31.2 Å². The Kier molecular flexibility index (Phi) is 4.81. The van der Waals surface area contributed by atoms with Gasteiger partial charge in [0.2, 0.25) is 0 Å². The number of hydrogen-bond acceptors (Lipinski definition) is 2. The maximum absolute atomic E-state index is 4.43. The number of aryl methyl sites for hydroxylation is 1. The van der Waals surface area contributed by atoms with Crippen LogP contribution < -0.4 is 5.32 Å². The SMILES string of the molecule is CCNC(c1cnn(CC)c1)C1CCCC(C)C1. The summed E-state index contributed by atoms with van der Waals surface area (Å²) in [6.45, 7) is 8.72. The highest BCUT2D eigenvalue weighted by Gasteiger charge is 2.27. The van der Waals surface area contributed by atoms with Crippen LogP contribution in [-0.2, 0) is 6.54 Å². The monoisotopic (exact) mass is 249 g/mol. The molecule has 1 aromatic rings. The van der Waals surface area contributed by atoms with Crippen molar-refractivity contribution in [3.8, 4) is 0 Å². The molecule has 102 valence electrons. The summed E-state index contributed by atoms with van der Waals surface area (Å²) in [5, 5.41) is 8.10. The lowest BCUT2D eigenvalue weighted by Crippen LogP contribution is -2.31. The van der Waals surface area contributed by atoms with E-state index in [0.717, 1.165) is 24.9 Å². The molecule has 1 N–H and O–H groups in total. The first-order valence-corrected chi connectivity index (χ1v) is 7.50. The van der Waals surface area contributed by atoms with Crippen molar-refractivity contribution in [3.05, 3.63) is 18.0 Å². The van der Waals surface area contributed by atoms with E-state index in [-0.39, 0.29) is 0 Å². The quantitative estimate of drug-likeness (QED) is 0.867. The predicted molar refractivity (Wildman–Crippen MR) is 75.4 cm³/mol. The van der Waals surface area contributed by atoms with Gasteiger partial charge in [0.05, 0.1) is 6.20 Å². The minimum atomic E-state index is 0.498. The zero-order chi connectivity index (χ0) is 13.0. The Morgan fingerprint density at radius 1 is 1.44 bits per heavy atom. The van der Waals surface area contributed by atoms with Crippen LogP contribution in [0.3, 0.4) is 0 Å². The van der Waals surface area contributed by atoms with Gasteiger partial charge in [0, 0.05) is 24.3 Å². The van der Waals surface area contributed by atoms with Crippen molar-refractivity contribution in [2.45, 2.75) is 59.0 Å². The summed E-state index contributed by atoms with van der Waals surface area (Å²) < 4.78 is 2.03. The fourth-order valence-electron chi connectivity index (χ4n) is 3.27. The van der Waals surface area contributed by atoms with Crippen molar-refractivity contribution in [2.24, 2.45) is 11.8 Å². The molecule has 0 aromatic carbocycles. The van der Waals surface area contributed by atoms with Gasteiger partial charge in [-0.25, -0.2) is 0 Å². The van der Waals surface area contributed by atoms with Crippen LogP contribution in [0.2, 0.25) is 0 Å². The highest BCUT2D eigenvalue weighted by molar-refractivity contribution is 5.12. The minimum absolute atomic E-state index is 0.498. The maximum atomic E-state index is 4.43. The van der Waals surface area contributed by atoms with E-state index in [0.29, 0.717) is 6.04 Å². The van der Waals surface area contributed by atoms with E-state index in [9.17, 15) is 0 Å². The van der Waals surface area contributed by atoms with Crippen LogP contribution in [0.4, 0.5) is 0 Å². The summed E-state index contributed by atoms with van der Waals surface area (Å²) in [7, 11) is 0. The Morgan fingerprint density at radius 2 is 2.28 bits per heavy atom. The number of hydrogen-bond donors (Lipinski definition) is 1. The Labute approximate surface area is 111 Å². The molecule has 0 saturated heterocycles. The lowest BCUT2D eigenvalue weighted by Gasteiger charge is -2.33. The van der Waals surface area contributed by atoms with Gasteiger partial charge in [-0.2, -0.15) is 5.10 Å². The summed E-state index contributed by atoms with van der Waals surface area (Å²) in [6.07, 6.45) is 9.77. The average molecular weight is 249 g/mol. The Hall–Kier alpha value is -0.830. The number of aromatic nitrogens is 2. The summed E-state index contributed by atoms with van der Waals surface area (Å²) in [5.74, 6) is 1.66. The second kappa shape index (κ2) is 6.37. The molecule has 0 spiro atoms. The van der Waals surface area contributed by atoms with Gasteiger partial charge >= 0.3 is 0 Å². The second-order valence-corrected chi connectivity index (χ2v) is 5.70. The van der Waals surface area contributed by atoms with Crippen molar-refractivity contribution < 1.29 is 0 Å². The van der Waals surface area contributed by atoms with Crippen LogP contribution in [-0.4, -0.2) is 16.3 Å². The van der Waals surface area contributed by atoms with Crippen LogP contribution in [0.5, 0.6) is 0 Å². The zero-order valence-electron chi connectivity index (χ0n) is 12.0. The molecule has 0 bridgehead atoms. The lowest BCUT2D eigenvalue weighted by atomic mass is 9.77. The first kappa shape index (κ1) is 13.6. The molecule has 1 aliphatic carbocycles. The van der Waals surface area contributed by atoms with E-state index < -0.39 is 0 Å². The van der Waals surface area contributed by atoms with Crippen LogP contribution in [0.1, 0.15) is 58.1 Å². The molecule has 1 aromatic heterocycles. The molecule has 3 heteroatoms. The molecular formula is C15H27N3. The van der Waals surface area contributed by atoms with Crippen molar-refractivity contribution in [1.29, 1.82) is 0 Å². The Bertz CT molecular complexity index is 358. The third kappa shape index (κ3) is 3.14. The molecule has 1 heterocycles. The highest BCUT2D eigenvalue weighted by Crippen LogP contribution is 2.36. The molecule has 1 saturated carbocycles. The Balaban J connectivity index is 2.11. The Morgan fingerprint density at radius 3 is 2.89 bits per heavy atom. The predicted octanol–water partition coefficient (Wildman–Crippen LogP) is 3.38. The van der Waals surface area contributed by atoms with Crippen LogP contribution in [0, 0.1) is 11.8 Å². The second-order valence-electron chi connectivity index (χ2n) is 5.70. The first-order valence-electron chi connectivity index (χ1n) is 7.50. The third-order valence-electron chi connectivity index (χ3n) is 4.21. The standard InChI is InChI=1S/C15H27N3/c1-4-16-15(13-8-6-7-12(3)9-13)14-10-17-18(5-2)11-14/h10-13,15-16H,4-9H2,1-3H3. The van der Waals surface area contributed by atoms with Crippen LogP contribution in [0.25, 0.3) is 0 Å². The summed E-state index contributed by atoms with van der Waals surface area (Å²) in [6, 6.07) is 0.498. The molecule has 0 amide bonds. The van der Waals surface area contributed by atoms with Crippen molar-refractivity contribution in [3.63, 3.8) is 0 Å². The molecule has 18 heavy (non-hydrogen) atoms. The van der Waals surface area contributed by atoms with E-state index in [2.05, 4.69) is 43.6 Å².